The Hall–Kier alpha value is -2.85. The molecule has 2 aromatic carbocycles. The van der Waals surface area contributed by atoms with Crippen molar-refractivity contribution < 1.29 is 19.1 Å². The molecule has 0 saturated carbocycles. The van der Waals surface area contributed by atoms with Gasteiger partial charge in [-0.1, -0.05) is 30.3 Å². The van der Waals surface area contributed by atoms with Gasteiger partial charge in [0.1, 0.15) is 12.3 Å². The number of esters is 1. The first-order valence-electron chi connectivity index (χ1n) is 8.76. The van der Waals surface area contributed by atoms with Crippen LogP contribution in [0.15, 0.2) is 44.8 Å². The Bertz CT molecular complexity index is 1030. The monoisotopic (exact) mass is 436 g/mol. The summed E-state index contributed by atoms with van der Waals surface area (Å²) >= 11 is 7.27. The van der Waals surface area contributed by atoms with Gasteiger partial charge in [0.2, 0.25) is 5.52 Å². The van der Waals surface area contributed by atoms with Gasteiger partial charge in [0.05, 0.1) is 4.92 Å². The first-order chi connectivity index (χ1) is 14.0. The number of nitro benzene ring substituents is 1. The minimum absolute atomic E-state index is 0.0411. The highest BCUT2D eigenvalue weighted by molar-refractivity contribution is 7.99. The lowest BCUT2D eigenvalue weighted by Crippen LogP contribution is -2.14. The zero-order valence-corrected chi connectivity index (χ0v) is 17.0. The van der Waals surface area contributed by atoms with Crippen LogP contribution in [0.5, 0.6) is 0 Å². The van der Waals surface area contributed by atoms with Crippen molar-refractivity contribution in [3.8, 4) is 0 Å². The number of aromatic nitrogens is 2. The smallest absolute Gasteiger partial charge is 0.323 e. The zero-order valence-electron chi connectivity index (χ0n) is 15.4. The van der Waals surface area contributed by atoms with E-state index < -0.39 is 4.92 Å². The molecule has 0 unspecified atom stereocenters. The lowest BCUT2D eigenvalue weighted by atomic mass is 10.2. The normalized spacial score (nSPS) is 10.8. The minimum Gasteiger partial charge on any atom is -0.464 e. The number of hydrogen-bond donors (Lipinski definition) is 1. The van der Waals surface area contributed by atoms with Crippen molar-refractivity contribution in [2.75, 3.05) is 18.5 Å². The third-order valence-corrected chi connectivity index (χ3v) is 5.13. The maximum atomic E-state index is 11.6. The molecule has 1 heterocycles. The van der Waals surface area contributed by atoms with Crippen LogP contribution in [0.4, 0.5) is 11.4 Å². The van der Waals surface area contributed by atoms with Crippen molar-refractivity contribution in [2.45, 2.75) is 29.6 Å². The van der Waals surface area contributed by atoms with Gasteiger partial charge in [-0.15, -0.1) is 0 Å². The fourth-order valence-electron chi connectivity index (χ4n) is 2.55. The van der Waals surface area contributed by atoms with E-state index in [0.29, 0.717) is 22.8 Å². The largest absolute Gasteiger partial charge is 0.464 e. The highest BCUT2D eigenvalue weighted by Crippen LogP contribution is 2.40. The number of hydrogen-bond acceptors (Lipinski definition) is 9. The SMILES string of the molecule is CCCC(=O)OCCNc1cc(Sc2ccc(Cl)cc2)c2nonc2c1[N+](=O)[O-]. The Labute approximate surface area is 174 Å². The Balaban J connectivity index is 1.86. The number of carbonyl (C=O) groups excluding carboxylic acids is 1. The van der Waals surface area contributed by atoms with Gasteiger partial charge >= 0.3 is 11.7 Å². The van der Waals surface area contributed by atoms with Gasteiger partial charge in [-0.25, -0.2) is 4.63 Å². The van der Waals surface area contributed by atoms with Gasteiger partial charge in [0, 0.05) is 27.8 Å². The number of anilines is 1. The summed E-state index contributed by atoms with van der Waals surface area (Å²) in [5.74, 6) is -0.307. The number of nitro groups is 1. The van der Waals surface area contributed by atoms with Gasteiger partial charge in [-0.2, -0.15) is 0 Å². The van der Waals surface area contributed by atoms with Crippen LogP contribution in [0.1, 0.15) is 19.8 Å². The van der Waals surface area contributed by atoms with Gasteiger partial charge in [0.15, 0.2) is 5.52 Å². The fourth-order valence-corrected chi connectivity index (χ4v) is 3.61. The van der Waals surface area contributed by atoms with E-state index in [1.54, 1.807) is 18.2 Å². The standard InChI is InChI=1S/C18H17ClN4O5S/c1-2-3-15(24)27-9-8-20-13-10-14(29-12-6-4-11(19)5-7-12)16-17(22-28-21-16)18(13)23(25)26/h4-7,10,20H,2-3,8-9H2,1H3. The number of ether oxygens (including phenoxy) is 1. The van der Waals surface area contributed by atoms with Crippen molar-refractivity contribution in [3.63, 3.8) is 0 Å². The first kappa shape index (κ1) is 20.9. The van der Waals surface area contributed by atoms with E-state index in [2.05, 4.69) is 15.6 Å². The summed E-state index contributed by atoms with van der Waals surface area (Å²) in [6.45, 7) is 2.17. The Morgan fingerprint density at radius 1 is 1.31 bits per heavy atom. The molecule has 0 radical (unpaired) electrons. The Morgan fingerprint density at radius 3 is 2.72 bits per heavy atom. The molecule has 0 bridgehead atoms. The van der Waals surface area contributed by atoms with Gasteiger partial charge < -0.3 is 10.1 Å². The van der Waals surface area contributed by atoms with E-state index in [4.69, 9.17) is 21.0 Å². The number of carbonyl (C=O) groups is 1. The molecular weight excluding hydrogens is 420 g/mol. The van der Waals surface area contributed by atoms with E-state index in [1.807, 2.05) is 19.1 Å². The molecule has 29 heavy (non-hydrogen) atoms. The molecule has 0 aliphatic heterocycles. The van der Waals surface area contributed by atoms with E-state index in [9.17, 15) is 14.9 Å². The van der Waals surface area contributed by atoms with Crippen molar-refractivity contribution in [1.82, 2.24) is 10.3 Å². The molecule has 11 heteroatoms. The molecule has 0 aliphatic rings. The van der Waals surface area contributed by atoms with Crippen LogP contribution in [-0.2, 0) is 9.53 Å². The van der Waals surface area contributed by atoms with Crippen LogP contribution in [-0.4, -0.2) is 34.4 Å². The lowest BCUT2D eigenvalue weighted by Gasteiger charge is -2.10. The Kier molecular flexibility index (Phi) is 6.89. The van der Waals surface area contributed by atoms with E-state index >= 15 is 0 Å². The maximum absolute atomic E-state index is 11.6. The van der Waals surface area contributed by atoms with Crippen LogP contribution >= 0.6 is 23.4 Å². The summed E-state index contributed by atoms with van der Waals surface area (Å²) < 4.78 is 9.83. The molecule has 0 atom stereocenters. The van der Waals surface area contributed by atoms with Crippen LogP contribution in [0.2, 0.25) is 5.02 Å². The number of fused-ring (bicyclic) bond motifs is 1. The molecule has 3 rings (SSSR count). The average molecular weight is 437 g/mol. The average Bonchev–Trinajstić information content (AvgIpc) is 3.16. The fraction of sp³-hybridized carbons (Fsp3) is 0.278. The predicted molar refractivity (Wildman–Crippen MR) is 108 cm³/mol. The summed E-state index contributed by atoms with van der Waals surface area (Å²) in [5, 5.41) is 22.7. The molecule has 152 valence electrons. The molecule has 3 aromatic rings. The third-order valence-electron chi connectivity index (χ3n) is 3.84. The van der Waals surface area contributed by atoms with Crippen LogP contribution in [0, 0.1) is 10.1 Å². The number of halogens is 1. The van der Waals surface area contributed by atoms with Crippen molar-refractivity contribution in [3.05, 3.63) is 45.5 Å². The third kappa shape index (κ3) is 5.15. The van der Waals surface area contributed by atoms with E-state index in [0.717, 1.165) is 4.90 Å². The summed E-state index contributed by atoms with van der Waals surface area (Å²) in [6, 6.07) is 8.76. The van der Waals surface area contributed by atoms with Crippen LogP contribution in [0.25, 0.3) is 11.0 Å². The molecule has 0 amide bonds. The number of benzene rings is 2. The summed E-state index contributed by atoms with van der Waals surface area (Å²) in [4.78, 5) is 24.0. The topological polar surface area (TPSA) is 120 Å². The summed E-state index contributed by atoms with van der Waals surface area (Å²) in [7, 11) is 0. The summed E-state index contributed by atoms with van der Waals surface area (Å²) in [6.07, 6.45) is 1.03. The van der Waals surface area contributed by atoms with Crippen LogP contribution < -0.4 is 5.32 Å². The quantitative estimate of drug-likeness (QED) is 0.220. The van der Waals surface area contributed by atoms with E-state index in [-0.39, 0.29) is 41.5 Å². The predicted octanol–water partition coefficient (Wildman–Crippen LogP) is 4.69. The van der Waals surface area contributed by atoms with E-state index in [1.165, 1.54) is 11.8 Å². The second-order valence-corrected chi connectivity index (χ2v) is 7.49. The molecule has 0 fully saturated rings. The number of nitrogens with zero attached hydrogens (tertiary/aromatic N) is 3. The number of rotatable bonds is 9. The molecule has 1 N–H and O–H groups in total. The first-order valence-corrected chi connectivity index (χ1v) is 9.95. The molecular formula is C18H17ClN4O5S. The second kappa shape index (κ2) is 9.57. The van der Waals surface area contributed by atoms with Gasteiger partial charge in [-0.05, 0) is 47.1 Å². The van der Waals surface area contributed by atoms with Crippen LogP contribution in [0.3, 0.4) is 0 Å². The van der Waals surface area contributed by atoms with Gasteiger partial charge in [-0.3, -0.25) is 14.9 Å². The Morgan fingerprint density at radius 2 is 2.03 bits per heavy atom. The highest BCUT2D eigenvalue weighted by atomic mass is 35.5. The minimum atomic E-state index is -0.547. The maximum Gasteiger partial charge on any atom is 0.323 e. The van der Waals surface area contributed by atoms with Crippen molar-refractivity contribution in [1.29, 1.82) is 0 Å². The molecule has 0 spiro atoms. The molecule has 1 aromatic heterocycles. The van der Waals surface area contributed by atoms with Crippen molar-refractivity contribution in [2.24, 2.45) is 0 Å². The summed E-state index contributed by atoms with van der Waals surface area (Å²) in [5.41, 5.74) is 0.318. The van der Waals surface area contributed by atoms with Crippen molar-refractivity contribution >= 4 is 51.7 Å². The molecule has 0 saturated heterocycles. The van der Waals surface area contributed by atoms with Gasteiger partial charge in [0.25, 0.3) is 0 Å². The number of nitrogens with one attached hydrogen (secondary N) is 1. The lowest BCUT2D eigenvalue weighted by molar-refractivity contribution is -0.382. The zero-order chi connectivity index (χ0) is 20.8. The molecule has 9 nitrogen and oxygen atoms in total. The second-order valence-electron chi connectivity index (χ2n) is 5.94. The molecule has 0 aliphatic carbocycles. The highest BCUT2D eigenvalue weighted by Gasteiger charge is 2.26.